The van der Waals surface area contributed by atoms with Crippen molar-refractivity contribution in [2.45, 2.75) is 25.2 Å². The van der Waals surface area contributed by atoms with E-state index in [1.165, 1.54) is 5.56 Å². The third kappa shape index (κ3) is 4.17. The molecule has 1 fully saturated rings. The van der Waals surface area contributed by atoms with E-state index < -0.39 is 0 Å². The molecule has 1 aromatic carbocycles. The van der Waals surface area contributed by atoms with Crippen molar-refractivity contribution in [3.8, 4) is 5.75 Å². The van der Waals surface area contributed by atoms with Crippen LogP contribution >= 0.6 is 11.6 Å². The normalized spacial score (nSPS) is 16.4. The molecule has 134 valence electrons. The standard InChI is InChI=1S/C19H23ClN2O3/c1-2-25-16-5-3-14(4-6-16)19(7-9-24-10-8-19)13-22-18(23)17-11-15(20)12-21-17/h3-6,11-12,21H,2,7-10,13H2,1H3,(H,22,23). The summed E-state index contributed by atoms with van der Waals surface area (Å²) in [7, 11) is 0. The third-order valence-corrected chi connectivity index (χ3v) is 4.93. The Morgan fingerprint density at radius 2 is 2.04 bits per heavy atom. The number of hydrogen-bond acceptors (Lipinski definition) is 3. The van der Waals surface area contributed by atoms with Crippen molar-refractivity contribution in [3.63, 3.8) is 0 Å². The number of H-pyrrole nitrogens is 1. The molecule has 0 bridgehead atoms. The number of ether oxygens (including phenoxy) is 2. The lowest BCUT2D eigenvalue weighted by atomic mass is 9.74. The summed E-state index contributed by atoms with van der Waals surface area (Å²) < 4.78 is 11.1. The number of rotatable bonds is 6. The van der Waals surface area contributed by atoms with Crippen molar-refractivity contribution in [1.82, 2.24) is 10.3 Å². The summed E-state index contributed by atoms with van der Waals surface area (Å²) in [4.78, 5) is 15.2. The highest BCUT2D eigenvalue weighted by Crippen LogP contribution is 2.35. The molecule has 1 saturated heterocycles. The first-order valence-corrected chi connectivity index (χ1v) is 8.94. The molecule has 2 heterocycles. The maximum atomic E-state index is 12.4. The predicted molar refractivity (Wildman–Crippen MR) is 97.5 cm³/mol. The maximum Gasteiger partial charge on any atom is 0.267 e. The zero-order valence-corrected chi connectivity index (χ0v) is 15.1. The molecule has 6 heteroatoms. The Balaban J connectivity index is 1.75. The number of halogens is 1. The largest absolute Gasteiger partial charge is 0.494 e. The molecule has 2 N–H and O–H groups in total. The maximum absolute atomic E-state index is 12.4. The summed E-state index contributed by atoms with van der Waals surface area (Å²) in [6.07, 6.45) is 3.34. The number of carbonyl (C=O) groups excluding carboxylic acids is 1. The van der Waals surface area contributed by atoms with E-state index in [9.17, 15) is 4.79 Å². The number of hydrogen-bond donors (Lipinski definition) is 2. The minimum absolute atomic E-state index is 0.130. The van der Waals surface area contributed by atoms with Crippen molar-refractivity contribution in [1.29, 1.82) is 0 Å². The molecule has 0 radical (unpaired) electrons. The van der Waals surface area contributed by atoms with Crippen molar-refractivity contribution in [2.24, 2.45) is 0 Å². The average Bonchev–Trinajstić information content (AvgIpc) is 3.08. The van der Waals surface area contributed by atoms with Crippen LogP contribution in [0.4, 0.5) is 0 Å². The van der Waals surface area contributed by atoms with Crippen LogP contribution in [0.2, 0.25) is 5.02 Å². The van der Waals surface area contributed by atoms with Crippen LogP contribution in [-0.2, 0) is 10.2 Å². The molecule has 5 nitrogen and oxygen atoms in total. The fraction of sp³-hybridized carbons (Fsp3) is 0.421. The molecule has 1 aromatic heterocycles. The first-order chi connectivity index (χ1) is 12.1. The smallest absolute Gasteiger partial charge is 0.267 e. The molecule has 1 amide bonds. The highest BCUT2D eigenvalue weighted by molar-refractivity contribution is 6.30. The van der Waals surface area contributed by atoms with Crippen molar-refractivity contribution in [2.75, 3.05) is 26.4 Å². The minimum atomic E-state index is -0.149. The Labute approximate surface area is 152 Å². The highest BCUT2D eigenvalue weighted by atomic mass is 35.5. The fourth-order valence-electron chi connectivity index (χ4n) is 3.24. The molecule has 3 rings (SSSR count). The second-order valence-electron chi connectivity index (χ2n) is 6.26. The summed E-state index contributed by atoms with van der Waals surface area (Å²) in [6.45, 7) is 4.55. The van der Waals surface area contributed by atoms with Gasteiger partial charge in [-0.1, -0.05) is 23.7 Å². The summed E-state index contributed by atoms with van der Waals surface area (Å²) in [5.41, 5.74) is 1.54. The van der Waals surface area contributed by atoms with Crippen LogP contribution in [0.1, 0.15) is 35.8 Å². The lowest BCUT2D eigenvalue weighted by Crippen LogP contribution is -2.44. The molecule has 0 saturated carbocycles. The molecular formula is C19H23ClN2O3. The molecule has 0 aliphatic carbocycles. The third-order valence-electron chi connectivity index (χ3n) is 4.71. The van der Waals surface area contributed by atoms with Gasteiger partial charge in [-0.25, -0.2) is 0 Å². The average molecular weight is 363 g/mol. The first-order valence-electron chi connectivity index (χ1n) is 8.56. The monoisotopic (exact) mass is 362 g/mol. The topological polar surface area (TPSA) is 63.3 Å². The van der Waals surface area contributed by atoms with E-state index in [0.29, 0.717) is 37.1 Å². The fourth-order valence-corrected chi connectivity index (χ4v) is 3.41. The van der Waals surface area contributed by atoms with Gasteiger partial charge in [-0.3, -0.25) is 4.79 Å². The van der Waals surface area contributed by atoms with Crippen LogP contribution in [0.15, 0.2) is 36.5 Å². The quantitative estimate of drug-likeness (QED) is 0.826. The minimum Gasteiger partial charge on any atom is -0.494 e. The van der Waals surface area contributed by atoms with Crippen LogP contribution in [-0.4, -0.2) is 37.3 Å². The van der Waals surface area contributed by atoms with Gasteiger partial charge in [0, 0.05) is 31.4 Å². The predicted octanol–water partition coefficient (Wildman–Crippen LogP) is 3.55. The van der Waals surface area contributed by atoms with Crippen LogP contribution in [0.5, 0.6) is 5.75 Å². The van der Waals surface area contributed by atoms with Crippen molar-refractivity contribution in [3.05, 3.63) is 52.8 Å². The Bertz CT molecular complexity index is 706. The summed E-state index contributed by atoms with van der Waals surface area (Å²) in [6, 6.07) is 9.79. The number of benzene rings is 1. The van der Waals surface area contributed by atoms with Gasteiger partial charge in [0.05, 0.1) is 11.6 Å². The van der Waals surface area contributed by atoms with E-state index in [0.717, 1.165) is 18.6 Å². The van der Waals surface area contributed by atoms with Crippen LogP contribution in [0.25, 0.3) is 0 Å². The van der Waals surface area contributed by atoms with E-state index >= 15 is 0 Å². The Morgan fingerprint density at radius 3 is 2.64 bits per heavy atom. The van der Waals surface area contributed by atoms with E-state index in [4.69, 9.17) is 21.1 Å². The lowest BCUT2D eigenvalue weighted by molar-refractivity contribution is 0.0486. The van der Waals surface area contributed by atoms with Gasteiger partial charge >= 0.3 is 0 Å². The number of nitrogens with one attached hydrogen (secondary N) is 2. The number of aromatic nitrogens is 1. The summed E-state index contributed by atoms with van der Waals surface area (Å²) in [5.74, 6) is 0.710. The molecule has 0 spiro atoms. The SMILES string of the molecule is CCOc1ccc(C2(CNC(=O)c3cc(Cl)c[nH]3)CCOCC2)cc1. The summed E-state index contributed by atoms with van der Waals surface area (Å²) >= 11 is 5.88. The lowest BCUT2D eigenvalue weighted by Gasteiger charge is -2.38. The van der Waals surface area contributed by atoms with Crippen LogP contribution in [0, 0.1) is 0 Å². The van der Waals surface area contributed by atoms with E-state index in [-0.39, 0.29) is 11.3 Å². The van der Waals surface area contributed by atoms with Gasteiger partial charge in [0.15, 0.2) is 0 Å². The second-order valence-corrected chi connectivity index (χ2v) is 6.70. The van der Waals surface area contributed by atoms with Gasteiger partial charge in [0.2, 0.25) is 0 Å². The van der Waals surface area contributed by atoms with Gasteiger partial charge in [-0.2, -0.15) is 0 Å². The zero-order chi connectivity index (χ0) is 17.7. The highest BCUT2D eigenvalue weighted by Gasteiger charge is 2.35. The van der Waals surface area contributed by atoms with Gasteiger partial charge < -0.3 is 19.8 Å². The van der Waals surface area contributed by atoms with Crippen molar-refractivity contribution < 1.29 is 14.3 Å². The van der Waals surface area contributed by atoms with Gasteiger partial charge in [0.25, 0.3) is 5.91 Å². The zero-order valence-electron chi connectivity index (χ0n) is 14.3. The van der Waals surface area contributed by atoms with Crippen molar-refractivity contribution >= 4 is 17.5 Å². The number of amides is 1. The Kier molecular flexibility index (Phi) is 5.66. The van der Waals surface area contributed by atoms with Crippen LogP contribution < -0.4 is 10.1 Å². The summed E-state index contributed by atoms with van der Waals surface area (Å²) in [5, 5.41) is 3.57. The van der Waals surface area contributed by atoms with Gasteiger partial charge in [0.1, 0.15) is 11.4 Å². The molecule has 2 aromatic rings. The number of aromatic amines is 1. The van der Waals surface area contributed by atoms with E-state index in [2.05, 4.69) is 22.4 Å². The van der Waals surface area contributed by atoms with Crippen LogP contribution in [0.3, 0.4) is 0 Å². The molecular weight excluding hydrogens is 340 g/mol. The molecule has 0 atom stereocenters. The van der Waals surface area contributed by atoms with E-state index in [1.807, 2.05) is 19.1 Å². The first kappa shape index (κ1) is 17.8. The molecule has 25 heavy (non-hydrogen) atoms. The van der Waals surface area contributed by atoms with E-state index in [1.54, 1.807) is 12.3 Å². The number of carbonyl (C=O) groups is 1. The van der Waals surface area contributed by atoms with Gasteiger partial charge in [-0.15, -0.1) is 0 Å². The molecule has 0 unspecified atom stereocenters. The Morgan fingerprint density at radius 1 is 1.32 bits per heavy atom. The Hall–Kier alpha value is -1.98. The van der Waals surface area contributed by atoms with Gasteiger partial charge in [-0.05, 0) is 43.5 Å². The second kappa shape index (κ2) is 7.93. The molecule has 1 aliphatic rings. The molecule has 1 aliphatic heterocycles.